The molecule has 6 nitrogen and oxygen atoms in total. The van der Waals surface area contributed by atoms with Gasteiger partial charge < -0.3 is 19.8 Å². The van der Waals surface area contributed by atoms with E-state index in [1.807, 2.05) is 30.3 Å². The van der Waals surface area contributed by atoms with Crippen molar-refractivity contribution < 1.29 is 18.7 Å². The third-order valence-electron chi connectivity index (χ3n) is 3.81. The highest BCUT2D eigenvalue weighted by molar-refractivity contribution is 6.30. The molecule has 0 saturated heterocycles. The second-order valence-electron chi connectivity index (χ2n) is 5.89. The van der Waals surface area contributed by atoms with Crippen LogP contribution >= 0.6 is 11.6 Å². The lowest BCUT2D eigenvalue weighted by Gasteiger charge is -2.06. The zero-order chi connectivity index (χ0) is 19.8. The lowest BCUT2D eigenvalue weighted by Crippen LogP contribution is -2.34. The van der Waals surface area contributed by atoms with E-state index in [1.54, 1.807) is 36.4 Å². The quantitative estimate of drug-likeness (QED) is 0.567. The van der Waals surface area contributed by atoms with Gasteiger partial charge in [0.1, 0.15) is 18.1 Å². The Kier molecular flexibility index (Phi) is 6.70. The summed E-state index contributed by atoms with van der Waals surface area (Å²) in [6, 6.07) is 19.2. The Labute approximate surface area is 167 Å². The van der Waals surface area contributed by atoms with Gasteiger partial charge in [-0.05, 0) is 48.5 Å². The van der Waals surface area contributed by atoms with Crippen LogP contribution in [-0.4, -0.2) is 24.9 Å². The normalized spacial score (nSPS) is 10.3. The smallest absolute Gasteiger partial charge is 0.287 e. The number of para-hydroxylation sites is 1. The van der Waals surface area contributed by atoms with Crippen LogP contribution in [0.25, 0.3) is 0 Å². The fraction of sp³-hybridized carbons (Fsp3) is 0.143. The minimum atomic E-state index is -0.355. The van der Waals surface area contributed by atoms with E-state index in [0.29, 0.717) is 16.3 Å². The molecule has 2 aromatic carbocycles. The number of nitrogens with one attached hydrogen (secondary N) is 2. The highest BCUT2D eigenvalue weighted by Crippen LogP contribution is 2.14. The Morgan fingerprint density at radius 1 is 0.857 bits per heavy atom. The molecule has 1 heterocycles. The molecule has 0 aliphatic heterocycles. The van der Waals surface area contributed by atoms with Gasteiger partial charge in [-0.25, -0.2) is 0 Å². The highest BCUT2D eigenvalue weighted by Gasteiger charge is 2.11. The molecule has 2 N–H and O–H groups in total. The predicted octanol–water partition coefficient (Wildman–Crippen LogP) is 3.67. The molecule has 0 spiro atoms. The molecule has 0 aliphatic rings. The first-order chi connectivity index (χ1) is 13.6. The summed E-state index contributed by atoms with van der Waals surface area (Å²) < 4.78 is 11.1. The van der Waals surface area contributed by atoms with Crippen molar-refractivity contribution in [3.63, 3.8) is 0 Å². The number of ether oxygens (including phenoxy) is 1. The van der Waals surface area contributed by atoms with Gasteiger partial charge in [0.2, 0.25) is 0 Å². The van der Waals surface area contributed by atoms with Gasteiger partial charge in [-0.3, -0.25) is 9.59 Å². The summed E-state index contributed by atoms with van der Waals surface area (Å²) in [5.41, 5.74) is 0.504. The summed E-state index contributed by atoms with van der Waals surface area (Å²) in [5, 5.41) is 5.98. The summed E-state index contributed by atoms with van der Waals surface area (Å²) in [7, 11) is 0. The molecule has 3 aromatic rings. The fourth-order valence-electron chi connectivity index (χ4n) is 2.39. The van der Waals surface area contributed by atoms with Crippen molar-refractivity contribution in [2.45, 2.75) is 6.61 Å². The van der Waals surface area contributed by atoms with Gasteiger partial charge in [-0.15, -0.1) is 0 Å². The maximum atomic E-state index is 12.1. The number of hydrogen-bond acceptors (Lipinski definition) is 4. The number of furan rings is 1. The van der Waals surface area contributed by atoms with Crippen molar-refractivity contribution in [2.75, 3.05) is 13.1 Å². The number of hydrogen-bond donors (Lipinski definition) is 2. The van der Waals surface area contributed by atoms with Crippen molar-refractivity contribution in [1.29, 1.82) is 0 Å². The largest absolute Gasteiger partial charge is 0.486 e. The summed E-state index contributed by atoms with van der Waals surface area (Å²) in [5.74, 6) is 0.873. The Morgan fingerprint density at radius 3 is 2.25 bits per heavy atom. The Hall–Kier alpha value is -3.25. The lowest BCUT2D eigenvalue weighted by atomic mass is 10.2. The number of amides is 2. The molecular weight excluding hydrogens is 380 g/mol. The van der Waals surface area contributed by atoms with E-state index < -0.39 is 0 Å². The first-order valence-corrected chi connectivity index (χ1v) is 9.08. The van der Waals surface area contributed by atoms with E-state index in [0.717, 1.165) is 5.75 Å². The van der Waals surface area contributed by atoms with E-state index in [1.165, 1.54) is 0 Å². The molecule has 1 aromatic heterocycles. The number of benzene rings is 2. The summed E-state index contributed by atoms with van der Waals surface area (Å²) in [4.78, 5) is 24.1. The molecule has 0 radical (unpaired) electrons. The van der Waals surface area contributed by atoms with Crippen molar-refractivity contribution in [3.05, 3.63) is 88.8 Å². The van der Waals surface area contributed by atoms with Crippen LogP contribution in [-0.2, 0) is 6.61 Å². The Balaban J connectivity index is 1.39. The van der Waals surface area contributed by atoms with Crippen molar-refractivity contribution >= 4 is 23.4 Å². The highest BCUT2D eigenvalue weighted by atomic mass is 35.5. The first-order valence-electron chi connectivity index (χ1n) is 8.70. The zero-order valence-corrected chi connectivity index (χ0v) is 15.7. The van der Waals surface area contributed by atoms with Gasteiger partial charge in [-0.1, -0.05) is 29.8 Å². The minimum Gasteiger partial charge on any atom is -0.486 e. The number of carbonyl (C=O) groups is 2. The van der Waals surface area contributed by atoms with Crippen LogP contribution in [0.15, 0.2) is 71.1 Å². The molecular formula is C21H19ClN2O4. The van der Waals surface area contributed by atoms with Crippen molar-refractivity contribution in [1.82, 2.24) is 10.6 Å². The first kappa shape index (κ1) is 19.5. The molecule has 0 bridgehead atoms. The number of rotatable bonds is 8. The van der Waals surface area contributed by atoms with Gasteiger partial charge in [0.15, 0.2) is 5.76 Å². The molecule has 2 amide bonds. The summed E-state index contributed by atoms with van der Waals surface area (Å²) >= 11 is 5.79. The molecule has 7 heteroatoms. The van der Waals surface area contributed by atoms with Crippen molar-refractivity contribution in [3.8, 4) is 5.75 Å². The summed E-state index contributed by atoms with van der Waals surface area (Å²) in [6.07, 6.45) is 0. The number of halogens is 1. The second kappa shape index (κ2) is 9.62. The molecule has 28 heavy (non-hydrogen) atoms. The van der Waals surface area contributed by atoms with Crippen LogP contribution < -0.4 is 15.4 Å². The third kappa shape index (κ3) is 5.62. The number of carbonyl (C=O) groups excluding carboxylic acids is 2. The molecule has 0 atom stereocenters. The SMILES string of the molecule is O=C(NCCNC(=O)c1ccc(COc2ccccc2)o1)c1ccc(Cl)cc1. The maximum absolute atomic E-state index is 12.1. The minimum absolute atomic E-state index is 0.190. The van der Waals surface area contributed by atoms with Crippen LogP contribution in [0.4, 0.5) is 0 Å². The van der Waals surface area contributed by atoms with Crippen LogP contribution in [0, 0.1) is 0 Å². The zero-order valence-electron chi connectivity index (χ0n) is 15.0. The molecule has 0 unspecified atom stereocenters. The maximum Gasteiger partial charge on any atom is 0.287 e. The predicted molar refractivity (Wildman–Crippen MR) is 106 cm³/mol. The topological polar surface area (TPSA) is 80.6 Å². The van der Waals surface area contributed by atoms with Gasteiger partial charge in [0, 0.05) is 23.7 Å². The fourth-order valence-corrected chi connectivity index (χ4v) is 2.52. The second-order valence-corrected chi connectivity index (χ2v) is 6.32. The van der Waals surface area contributed by atoms with Crippen LogP contribution in [0.3, 0.4) is 0 Å². The van der Waals surface area contributed by atoms with E-state index in [2.05, 4.69) is 10.6 Å². The van der Waals surface area contributed by atoms with Gasteiger partial charge >= 0.3 is 0 Å². The molecule has 3 rings (SSSR count). The lowest BCUT2D eigenvalue weighted by molar-refractivity contribution is 0.0907. The van der Waals surface area contributed by atoms with Crippen LogP contribution in [0.1, 0.15) is 26.7 Å². The average Bonchev–Trinajstić information content (AvgIpc) is 3.20. The van der Waals surface area contributed by atoms with E-state index >= 15 is 0 Å². The van der Waals surface area contributed by atoms with Crippen molar-refractivity contribution in [2.24, 2.45) is 0 Å². The monoisotopic (exact) mass is 398 g/mol. The van der Waals surface area contributed by atoms with Gasteiger partial charge in [0.25, 0.3) is 11.8 Å². The van der Waals surface area contributed by atoms with Crippen LogP contribution in [0.2, 0.25) is 5.02 Å². The molecule has 144 valence electrons. The van der Waals surface area contributed by atoms with Gasteiger partial charge in [-0.2, -0.15) is 0 Å². The molecule has 0 fully saturated rings. The summed E-state index contributed by atoms with van der Waals surface area (Å²) in [6.45, 7) is 0.793. The van der Waals surface area contributed by atoms with E-state index in [-0.39, 0.29) is 37.3 Å². The van der Waals surface area contributed by atoms with E-state index in [9.17, 15) is 9.59 Å². The standard InChI is InChI=1S/C21H19ClN2O4/c22-16-8-6-15(7-9-16)20(25)23-12-13-24-21(26)19-11-10-18(28-19)14-27-17-4-2-1-3-5-17/h1-11H,12-14H2,(H,23,25)(H,24,26). The Morgan fingerprint density at radius 2 is 1.54 bits per heavy atom. The van der Waals surface area contributed by atoms with Gasteiger partial charge in [0.05, 0.1) is 0 Å². The average molecular weight is 399 g/mol. The van der Waals surface area contributed by atoms with E-state index in [4.69, 9.17) is 20.8 Å². The van der Waals surface area contributed by atoms with Crippen LogP contribution in [0.5, 0.6) is 5.75 Å². The molecule has 0 saturated carbocycles. The third-order valence-corrected chi connectivity index (χ3v) is 4.06. The molecule has 0 aliphatic carbocycles. The Bertz CT molecular complexity index is 923.